The number of sulfonamides is 1. The van der Waals surface area contributed by atoms with Crippen LogP contribution in [0.2, 0.25) is 0 Å². The predicted octanol–water partition coefficient (Wildman–Crippen LogP) is 4.04. The monoisotopic (exact) mass is 458 g/mol. The van der Waals surface area contributed by atoms with Crippen LogP contribution >= 0.6 is 11.3 Å². The molecule has 1 saturated carbocycles. The van der Waals surface area contributed by atoms with Gasteiger partial charge in [0.05, 0.1) is 7.11 Å². The quantitative estimate of drug-likeness (QED) is 0.527. The summed E-state index contributed by atoms with van der Waals surface area (Å²) in [6.45, 7) is 2.02. The average Bonchev–Trinajstić information content (AvgIpc) is 3.52. The molecule has 1 amide bonds. The molecule has 1 aliphatic carbocycles. The summed E-state index contributed by atoms with van der Waals surface area (Å²) in [5, 5.41) is 12.1. The molecule has 0 atom stereocenters. The predicted molar refractivity (Wildman–Crippen MR) is 119 cm³/mol. The lowest BCUT2D eigenvalue weighted by Crippen LogP contribution is -2.17. The molecule has 2 aromatic carbocycles. The fourth-order valence-corrected chi connectivity index (χ4v) is 5.16. The molecular weight excluding hydrogens is 436 g/mol. The van der Waals surface area contributed by atoms with Gasteiger partial charge < -0.3 is 4.74 Å². The van der Waals surface area contributed by atoms with Gasteiger partial charge in [-0.3, -0.25) is 14.8 Å². The first-order valence-electron chi connectivity index (χ1n) is 9.84. The molecule has 4 rings (SSSR count). The summed E-state index contributed by atoms with van der Waals surface area (Å²) in [6.07, 6.45) is 3.04. The number of amides is 1. The molecule has 0 spiro atoms. The number of aromatic nitrogens is 2. The van der Waals surface area contributed by atoms with E-state index in [1.807, 2.05) is 19.1 Å². The minimum Gasteiger partial charge on any atom is -0.495 e. The van der Waals surface area contributed by atoms with Gasteiger partial charge in [0.2, 0.25) is 5.13 Å². The fourth-order valence-electron chi connectivity index (χ4n) is 3.00. The molecule has 0 unspecified atom stereocenters. The summed E-state index contributed by atoms with van der Waals surface area (Å²) >= 11 is 1.34. The Hall–Kier alpha value is -2.98. The third-order valence-corrected chi connectivity index (χ3v) is 7.32. The van der Waals surface area contributed by atoms with Crippen LogP contribution in [0.5, 0.6) is 5.75 Å². The van der Waals surface area contributed by atoms with E-state index >= 15 is 0 Å². The number of aryl methyl sites for hydroxylation is 1. The SMILES string of the molecule is CCc1ccc(NS(=O)(=O)c2cc(C(=O)Nc3nnc(C4CC4)s3)ccc2OC)cc1. The second-order valence-electron chi connectivity index (χ2n) is 7.20. The molecule has 0 aliphatic heterocycles. The highest BCUT2D eigenvalue weighted by Gasteiger charge is 2.28. The van der Waals surface area contributed by atoms with Crippen molar-refractivity contribution in [3.63, 3.8) is 0 Å². The third kappa shape index (κ3) is 4.86. The second kappa shape index (κ2) is 8.64. The Labute approximate surface area is 184 Å². The van der Waals surface area contributed by atoms with Crippen molar-refractivity contribution in [1.82, 2.24) is 10.2 Å². The largest absolute Gasteiger partial charge is 0.495 e. The molecule has 162 valence electrons. The maximum atomic E-state index is 13.0. The highest BCUT2D eigenvalue weighted by Crippen LogP contribution is 2.42. The highest BCUT2D eigenvalue weighted by molar-refractivity contribution is 7.92. The molecule has 1 fully saturated rings. The van der Waals surface area contributed by atoms with Crippen LogP contribution in [0.25, 0.3) is 0 Å². The van der Waals surface area contributed by atoms with Gasteiger partial charge in [0.1, 0.15) is 15.7 Å². The third-order valence-electron chi connectivity index (χ3n) is 4.92. The zero-order valence-corrected chi connectivity index (χ0v) is 18.7. The van der Waals surface area contributed by atoms with E-state index in [9.17, 15) is 13.2 Å². The number of methoxy groups -OCH3 is 1. The molecule has 10 heteroatoms. The van der Waals surface area contributed by atoms with E-state index in [1.54, 1.807) is 12.1 Å². The Balaban J connectivity index is 1.57. The van der Waals surface area contributed by atoms with Crippen LogP contribution in [-0.2, 0) is 16.4 Å². The van der Waals surface area contributed by atoms with Gasteiger partial charge in [0, 0.05) is 17.2 Å². The summed E-state index contributed by atoms with van der Waals surface area (Å²) in [4.78, 5) is 12.6. The maximum Gasteiger partial charge on any atom is 0.265 e. The molecule has 8 nitrogen and oxygen atoms in total. The topological polar surface area (TPSA) is 110 Å². The molecule has 1 aliphatic rings. The number of nitrogens with zero attached hydrogens (tertiary/aromatic N) is 2. The fraction of sp³-hybridized carbons (Fsp3) is 0.286. The van der Waals surface area contributed by atoms with Crippen LogP contribution in [-0.4, -0.2) is 31.6 Å². The van der Waals surface area contributed by atoms with Gasteiger partial charge in [0.15, 0.2) is 0 Å². The maximum absolute atomic E-state index is 13.0. The molecule has 0 radical (unpaired) electrons. The van der Waals surface area contributed by atoms with Crippen molar-refractivity contribution in [3.05, 3.63) is 58.6 Å². The van der Waals surface area contributed by atoms with E-state index < -0.39 is 15.9 Å². The van der Waals surface area contributed by atoms with Crippen LogP contribution in [0, 0.1) is 0 Å². The Bertz CT molecular complexity index is 1200. The van der Waals surface area contributed by atoms with Crippen LogP contribution in [0.1, 0.15) is 46.6 Å². The lowest BCUT2D eigenvalue weighted by molar-refractivity contribution is 0.102. The Kier molecular flexibility index (Phi) is 5.92. The van der Waals surface area contributed by atoms with E-state index in [-0.39, 0.29) is 16.2 Å². The number of hydrogen-bond donors (Lipinski definition) is 2. The summed E-state index contributed by atoms with van der Waals surface area (Å²) < 4.78 is 33.8. The van der Waals surface area contributed by atoms with E-state index in [2.05, 4.69) is 20.2 Å². The summed E-state index contributed by atoms with van der Waals surface area (Å²) in [6, 6.07) is 11.4. The van der Waals surface area contributed by atoms with Gasteiger partial charge in [-0.15, -0.1) is 10.2 Å². The van der Waals surface area contributed by atoms with E-state index in [4.69, 9.17) is 4.74 Å². The van der Waals surface area contributed by atoms with Crippen molar-refractivity contribution < 1.29 is 17.9 Å². The van der Waals surface area contributed by atoms with Crippen molar-refractivity contribution in [3.8, 4) is 5.75 Å². The van der Waals surface area contributed by atoms with Crippen molar-refractivity contribution in [2.24, 2.45) is 0 Å². The lowest BCUT2D eigenvalue weighted by atomic mass is 10.2. The molecule has 1 heterocycles. The Morgan fingerprint density at radius 1 is 1.16 bits per heavy atom. The van der Waals surface area contributed by atoms with Gasteiger partial charge in [-0.05, 0) is 55.2 Å². The standard InChI is InChI=1S/C21H22N4O4S2/c1-3-13-4-9-16(10-5-13)25-31(27,28)18-12-15(8-11-17(18)29-2)19(26)22-21-24-23-20(30-21)14-6-7-14/h4-5,8-12,14,25H,3,6-7H2,1-2H3,(H,22,24,26). The highest BCUT2D eigenvalue weighted by atomic mass is 32.2. The molecule has 3 aromatic rings. The van der Waals surface area contributed by atoms with Crippen molar-refractivity contribution in [1.29, 1.82) is 0 Å². The van der Waals surface area contributed by atoms with Crippen LogP contribution in [0.15, 0.2) is 47.4 Å². The first-order valence-corrected chi connectivity index (χ1v) is 12.1. The summed E-state index contributed by atoms with van der Waals surface area (Å²) in [7, 11) is -2.60. The number of rotatable bonds is 8. The molecule has 0 bridgehead atoms. The number of benzene rings is 2. The average molecular weight is 459 g/mol. The summed E-state index contributed by atoms with van der Waals surface area (Å²) in [5.74, 6) is 0.115. The molecule has 0 saturated heterocycles. The number of nitrogens with one attached hydrogen (secondary N) is 2. The molecule has 1 aromatic heterocycles. The van der Waals surface area contributed by atoms with Crippen molar-refractivity contribution in [2.75, 3.05) is 17.1 Å². The van der Waals surface area contributed by atoms with Crippen LogP contribution in [0.4, 0.5) is 10.8 Å². The zero-order chi connectivity index (χ0) is 22.0. The minimum absolute atomic E-state index is 0.127. The Morgan fingerprint density at radius 2 is 1.90 bits per heavy atom. The number of hydrogen-bond acceptors (Lipinski definition) is 7. The van der Waals surface area contributed by atoms with E-state index in [1.165, 1.54) is 36.6 Å². The number of carbonyl (C=O) groups is 1. The number of anilines is 2. The molecule has 31 heavy (non-hydrogen) atoms. The van der Waals surface area contributed by atoms with Crippen molar-refractivity contribution in [2.45, 2.75) is 37.0 Å². The van der Waals surface area contributed by atoms with Gasteiger partial charge >= 0.3 is 0 Å². The summed E-state index contributed by atoms with van der Waals surface area (Å²) in [5.41, 5.74) is 1.70. The van der Waals surface area contributed by atoms with Gasteiger partial charge in [-0.2, -0.15) is 0 Å². The van der Waals surface area contributed by atoms with Gasteiger partial charge in [-0.25, -0.2) is 8.42 Å². The number of ether oxygens (including phenoxy) is 1. The molecule has 2 N–H and O–H groups in total. The van der Waals surface area contributed by atoms with E-state index in [0.717, 1.165) is 29.8 Å². The normalized spacial score (nSPS) is 13.6. The minimum atomic E-state index is -3.98. The zero-order valence-electron chi connectivity index (χ0n) is 17.1. The second-order valence-corrected chi connectivity index (χ2v) is 9.86. The molecular formula is C21H22N4O4S2. The first kappa shape index (κ1) is 21.3. The lowest BCUT2D eigenvalue weighted by Gasteiger charge is -2.13. The smallest absolute Gasteiger partial charge is 0.265 e. The van der Waals surface area contributed by atoms with Gasteiger partial charge in [-0.1, -0.05) is 30.4 Å². The Morgan fingerprint density at radius 3 is 2.55 bits per heavy atom. The van der Waals surface area contributed by atoms with Crippen LogP contribution in [0.3, 0.4) is 0 Å². The first-order chi connectivity index (χ1) is 14.9. The van der Waals surface area contributed by atoms with Gasteiger partial charge in [0.25, 0.3) is 15.9 Å². The van der Waals surface area contributed by atoms with Crippen molar-refractivity contribution >= 4 is 38.1 Å². The van der Waals surface area contributed by atoms with E-state index in [0.29, 0.717) is 16.7 Å². The van der Waals surface area contributed by atoms with Crippen LogP contribution < -0.4 is 14.8 Å². The number of carbonyl (C=O) groups excluding carboxylic acids is 1.